The first kappa shape index (κ1) is 9.16. The number of rotatable bonds is 1. The van der Waals surface area contributed by atoms with Crippen molar-refractivity contribution in [2.24, 2.45) is 11.8 Å². The molecule has 0 aromatic heterocycles. The Morgan fingerprint density at radius 3 is 2.54 bits per heavy atom. The first-order chi connectivity index (χ1) is 6.11. The van der Waals surface area contributed by atoms with E-state index in [0.29, 0.717) is 11.8 Å². The molecule has 2 aliphatic heterocycles. The van der Waals surface area contributed by atoms with Gasteiger partial charge in [-0.05, 0) is 6.92 Å². The van der Waals surface area contributed by atoms with Crippen molar-refractivity contribution >= 4 is 5.78 Å². The number of hydrogen-bond acceptors (Lipinski definition) is 3. The van der Waals surface area contributed by atoms with Crippen molar-refractivity contribution in [3.8, 4) is 0 Å². The molecule has 0 unspecified atom stereocenters. The van der Waals surface area contributed by atoms with Crippen molar-refractivity contribution in [2.45, 2.75) is 39.1 Å². The highest BCUT2D eigenvalue weighted by atomic mass is 16.6. The zero-order chi connectivity index (χ0) is 9.59. The van der Waals surface area contributed by atoms with Crippen LogP contribution in [0.4, 0.5) is 0 Å². The molecule has 0 aromatic rings. The second-order valence-electron chi connectivity index (χ2n) is 4.27. The highest BCUT2D eigenvalue weighted by Gasteiger charge is 2.49. The number of carbonyl (C=O) groups is 1. The number of ether oxygens (including phenoxy) is 2. The Morgan fingerprint density at radius 2 is 2.00 bits per heavy atom. The van der Waals surface area contributed by atoms with E-state index in [9.17, 15) is 4.79 Å². The molecule has 2 rings (SSSR count). The summed E-state index contributed by atoms with van der Waals surface area (Å²) in [6, 6.07) is 0. The van der Waals surface area contributed by atoms with Crippen LogP contribution >= 0.6 is 0 Å². The van der Waals surface area contributed by atoms with Crippen LogP contribution in [0.2, 0.25) is 0 Å². The van der Waals surface area contributed by atoms with Crippen LogP contribution in [-0.2, 0) is 14.3 Å². The smallest absolute Gasteiger partial charge is 0.161 e. The van der Waals surface area contributed by atoms with Gasteiger partial charge in [-0.3, -0.25) is 4.79 Å². The summed E-state index contributed by atoms with van der Waals surface area (Å²) in [5.74, 6) is 0.863. The molecule has 0 amide bonds. The molecule has 13 heavy (non-hydrogen) atoms. The fraction of sp³-hybridized carbons (Fsp3) is 0.900. The molecule has 0 N–H and O–H groups in total. The van der Waals surface area contributed by atoms with Crippen LogP contribution in [0.3, 0.4) is 0 Å². The lowest BCUT2D eigenvalue weighted by Crippen LogP contribution is -2.39. The van der Waals surface area contributed by atoms with Gasteiger partial charge in [0.15, 0.2) is 5.78 Å². The molecule has 5 atom stereocenters. The van der Waals surface area contributed by atoms with Crippen molar-refractivity contribution in [3.05, 3.63) is 0 Å². The Bertz CT molecular complexity index is 226. The van der Waals surface area contributed by atoms with Gasteiger partial charge in [0.2, 0.25) is 0 Å². The van der Waals surface area contributed by atoms with E-state index in [1.54, 1.807) is 6.92 Å². The van der Waals surface area contributed by atoms with E-state index >= 15 is 0 Å². The summed E-state index contributed by atoms with van der Waals surface area (Å²) in [7, 11) is 0. The molecule has 3 nitrogen and oxygen atoms in total. The third kappa shape index (κ3) is 1.30. The Kier molecular flexibility index (Phi) is 2.16. The molecule has 2 heterocycles. The lowest BCUT2D eigenvalue weighted by molar-refractivity contribution is -0.130. The highest BCUT2D eigenvalue weighted by Crippen LogP contribution is 2.38. The minimum atomic E-state index is -0.315. The number of fused-ring (bicyclic) bond motifs is 2. The number of carbonyl (C=O) groups excluding carboxylic acids is 1. The molecule has 74 valence electrons. The summed E-state index contributed by atoms with van der Waals surface area (Å²) in [5, 5.41) is 0. The van der Waals surface area contributed by atoms with Gasteiger partial charge < -0.3 is 9.47 Å². The number of hydrogen-bond donors (Lipinski definition) is 0. The zero-order valence-electron chi connectivity index (χ0n) is 8.32. The minimum absolute atomic E-state index is 0.00120. The van der Waals surface area contributed by atoms with Gasteiger partial charge in [0.1, 0.15) is 6.10 Å². The normalized spacial score (nSPS) is 49.3. The van der Waals surface area contributed by atoms with Crippen LogP contribution in [0, 0.1) is 11.8 Å². The maximum atomic E-state index is 11.2. The molecular weight excluding hydrogens is 168 g/mol. The Balaban J connectivity index is 2.19. The second-order valence-corrected chi connectivity index (χ2v) is 4.27. The van der Waals surface area contributed by atoms with Gasteiger partial charge in [-0.15, -0.1) is 0 Å². The van der Waals surface area contributed by atoms with E-state index in [2.05, 4.69) is 13.8 Å². The maximum Gasteiger partial charge on any atom is 0.161 e. The highest BCUT2D eigenvalue weighted by molar-refractivity contribution is 5.81. The van der Waals surface area contributed by atoms with Gasteiger partial charge >= 0.3 is 0 Å². The third-order valence-electron chi connectivity index (χ3n) is 3.15. The van der Waals surface area contributed by atoms with Crippen molar-refractivity contribution in [1.29, 1.82) is 0 Å². The predicted molar refractivity (Wildman–Crippen MR) is 47.4 cm³/mol. The van der Waals surface area contributed by atoms with Crippen LogP contribution in [0.5, 0.6) is 0 Å². The predicted octanol–water partition coefficient (Wildman–Crippen LogP) is 1.01. The largest absolute Gasteiger partial charge is 0.374 e. The summed E-state index contributed by atoms with van der Waals surface area (Å²) in [6.07, 6.45) is -0.101. The van der Waals surface area contributed by atoms with Gasteiger partial charge in [-0.2, -0.15) is 0 Å². The van der Waals surface area contributed by atoms with Gasteiger partial charge in [-0.25, -0.2) is 0 Å². The van der Waals surface area contributed by atoms with Crippen molar-refractivity contribution < 1.29 is 14.3 Å². The first-order valence-electron chi connectivity index (χ1n) is 4.88. The summed E-state index contributed by atoms with van der Waals surface area (Å²) < 4.78 is 11.3. The molecule has 0 saturated carbocycles. The fourth-order valence-electron chi connectivity index (χ4n) is 2.41. The minimum Gasteiger partial charge on any atom is -0.374 e. The maximum absolute atomic E-state index is 11.2. The van der Waals surface area contributed by atoms with E-state index in [0.717, 1.165) is 6.61 Å². The van der Waals surface area contributed by atoms with Crippen LogP contribution in [0.1, 0.15) is 20.8 Å². The van der Waals surface area contributed by atoms with Gasteiger partial charge in [0.05, 0.1) is 18.8 Å². The molecule has 0 aliphatic carbocycles. The Hall–Kier alpha value is -0.410. The fourth-order valence-corrected chi connectivity index (χ4v) is 2.41. The monoisotopic (exact) mass is 184 g/mol. The SMILES string of the molecule is CC(=O)[C@H]1O[C@@H]2[C@H](C)[C@H]1OC[C@@H]2C. The summed E-state index contributed by atoms with van der Waals surface area (Å²) in [6.45, 7) is 6.52. The lowest BCUT2D eigenvalue weighted by atomic mass is 9.88. The van der Waals surface area contributed by atoms with E-state index in [4.69, 9.17) is 9.47 Å². The topological polar surface area (TPSA) is 35.5 Å². The molecule has 3 heteroatoms. The quantitative estimate of drug-likeness (QED) is 0.610. The van der Waals surface area contributed by atoms with Crippen LogP contribution < -0.4 is 0 Å². The van der Waals surface area contributed by atoms with Crippen molar-refractivity contribution in [1.82, 2.24) is 0 Å². The molecular formula is C10H16O3. The second kappa shape index (κ2) is 3.07. The molecule has 0 radical (unpaired) electrons. The average molecular weight is 184 g/mol. The average Bonchev–Trinajstić information content (AvgIpc) is 2.26. The van der Waals surface area contributed by atoms with E-state index in [1.165, 1.54) is 0 Å². The van der Waals surface area contributed by atoms with Gasteiger partial charge in [-0.1, -0.05) is 13.8 Å². The molecule has 2 fully saturated rings. The van der Waals surface area contributed by atoms with Crippen molar-refractivity contribution in [3.63, 3.8) is 0 Å². The first-order valence-corrected chi connectivity index (χ1v) is 4.88. The molecule has 2 aliphatic rings. The van der Waals surface area contributed by atoms with E-state index in [-0.39, 0.29) is 24.1 Å². The van der Waals surface area contributed by atoms with Gasteiger partial charge in [0, 0.05) is 11.8 Å². The van der Waals surface area contributed by atoms with E-state index in [1.807, 2.05) is 0 Å². The van der Waals surface area contributed by atoms with Crippen LogP contribution in [0.15, 0.2) is 0 Å². The number of ketones is 1. The Morgan fingerprint density at radius 1 is 1.31 bits per heavy atom. The van der Waals surface area contributed by atoms with Crippen molar-refractivity contribution in [2.75, 3.05) is 6.61 Å². The number of Topliss-reactive ketones (excluding diaryl/α,β-unsaturated/α-hetero) is 1. The van der Waals surface area contributed by atoms with Crippen LogP contribution in [0.25, 0.3) is 0 Å². The molecule has 2 saturated heterocycles. The van der Waals surface area contributed by atoms with Gasteiger partial charge in [0.25, 0.3) is 0 Å². The lowest BCUT2D eigenvalue weighted by Gasteiger charge is -2.30. The molecule has 0 aromatic carbocycles. The molecule has 2 bridgehead atoms. The summed E-state index contributed by atoms with van der Waals surface area (Å²) in [4.78, 5) is 11.2. The summed E-state index contributed by atoms with van der Waals surface area (Å²) >= 11 is 0. The third-order valence-corrected chi connectivity index (χ3v) is 3.15. The van der Waals surface area contributed by atoms with E-state index < -0.39 is 0 Å². The molecule has 0 spiro atoms. The summed E-state index contributed by atoms with van der Waals surface area (Å²) in [5.41, 5.74) is 0. The zero-order valence-corrected chi connectivity index (χ0v) is 8.32. The standard InChI is InChI=1S/C10H16O3/c1-5-4-12-9-6(2)8(5)13-10(9)7(3)11/h5-6,8-10H,4H2,1-3H3/t5-,6-,8-,9+,10+/m0/s1. The van der Waals surface area contributed by atoms with Crippen LogP contribution in [-0.4, -0.2) is 30.7 Å². The Labute approximate surface area is 78.4 Å².